The zero-order valence-electron chi connectivity index (χ0n) is 22.9. The molecule has 2 amide bonds. The quantitative estimate of drug-likeness (QED) is 0.350. The van der Waals surface area contributed by atoms with Gasteiger partial charge in [0, 0.05) is 34.2 Å². The van der Waals surface area contributed by atoms with E-state index in [1.54, 1.807) is 24.3 Å². The Hall–Kier alpha value is -5.12. The van der Waals surface area contributed by atoms with Gasteiger partial charge in [0.25, 0.3) is 5.91 Å². The fraction of sp³-hybridized carbons (Fsp3) is 0.226. The summed E-state index contributed by atoms with van der Waals surface area (Å²) in [7, 11) is 0. The largest absolute Gasteiger partial charge is 0.460 e. The predicted molar refractivity (Wildman–Crippen MR) is 153 cm³/mol. The molecule has 4 aromatic rings. The topological polar surface area (TPSA) is 138 Å². The summed E-state index contributed by atoms with van der Waals surface area (Å²) in [6.45, 7) is 5.08. The van der Waals surface area contributed by atoms with Gasteiger partial charge in [0.05, 0.1) is 11.6 Å². The number of nitrogens with one attached hydrogen (secondary N) is 2. The van der Waals surface area contributed by atoms with E-state index in [1.807, 2.05) is 75.4 Å². The summed E-state index contributed by atoms with van der Waals surface area (Å²) in [5.41, 5.74) is 3.03. The number of amides is 2. The predicted octanol–water partition coefficient (Wildman–Crippen LogP) is 4.35. The SMILES string of the molecule is CC(C)(C)C(=O)CC1C(=O)N(CC(=O)Nc2cccc(-c3nc(=O)o[nH]3)c2)N=C(c2ccccc2)c2ccccc21. The first-order valence-corrected chi connectivity index (χ1v) is 13.1. The summed E-state index contributed by atoms with van der Waals surface area (Å²) in [6.07, 6.45) is -0.0208. The van der Waals surface area contributed by atoms with Crippen LogP contribution in [0.25, 0.3) is 11.4 Å². The molecule has 208 valence electrons. The lowest BCUT2D eigenvalue weighted by atomic mass is 9.80. The minimum absolute atomic E-state index is 0.0208. The molecule has 0 radical (unpaired) electrons. The number of aromatic amines is 1. The standard InChI is InChI=1S/C31H29N5O5/c1-31(2,3)25(37)17-24-22-14-7-8-15-23(22)27(19-10-5-4-6-11-19)34-36(29(24)39)18-26(38)32-21-13-9-12-20(16-21)28-33-30(40)41-35-28/h4-16,24H,17-18H2,1-3H3,(H,32,38)(H,33,35,40). The molecular formula is C31H29N5O5. The second-order valence-electron chi connectivity index (χ2n) is 10.8. The van der Waals surface area contributed by atoms with Crippen molar-refractivity contribution in [3.63, 3.8) is 0 Å². The fourth-order valence-electron chi connectivity index (χ4n) is 4.60. The number of hydrazone groups is 1. The Balaban J connectivity index is 1.49. The zero-order valence-corrected chi connectivity index (χ0v) is 22.9. The highest BCUT2D eigenvalue weighted by Gasteiger charge is 2.37. The maximum absolute atomic E-state index is 14.0. The van der Waals surface area contributed by atoms with Crippen LogP contribution in [0, 0.1) is 5.41 Å². The van der Waals surface area contributed by atoms with Gasteiger partial charge in [0.15, 0.2) is 5.82 Å². The summed E-state index contributed by atoms with van der Waals surface area (Å²) < 4.78 is 4.63. The first-order chi connectivity index (χ1) is 19.6. The Kier molecular flexibility index (Phi) is 7.47. The molecule has 2 N–H and O–H groups in total. The van der Waals surface area contributed by atoms with Crippen molar-refractivity contribution in [2.75, 3.05) is 11.9 Å². The molecule has 0 spiro atoms. The number of benzene rings is 3. The van der Waals surface area contributed by atoms with E-state index >= 15 is 0 Å². The third-order valence-corrected chi connectivity index (χ3v) is 6.79. The molecule has 1 unspecified atom stereocenters. The molecular weight excluding hydrogens is 522 g/mol. The highest BCUT2D eigenvalue weighted by Crippen LogP contribution is 2.34. The third-order valence-electron chi connectivity index (χ3n) is 6.79. The van der Waals surface area contributed by atoms with E-state index in [1.165, 1.54) is 0 Å². The number of anilines is 1. The molecule has 2 heterocycles. The number of aromatic nitrogens is 2. The lowest BCUT2D eigenvalue weighted by molar-refractivity contribution is -0.138. The number of Topliss-reactive ketones (excluding diaryl/α,β-unsaturated/α-hetero) is 1. The maximum atomic E-state index is 14.0. The Bertz CT molecular complexity index is 1700. The summed E-state index contributed by atoms with van der Waals surface area (Å²) >= 11 is 0. The Labute approximate surface area is 236 Å². The van der Waals surface area contributed by atoms with Crippen LogP contribution < -0.4 is 11.1 Å². The number of ketones is 1. The van der Waals surface area contributed by atoms with Crippen molar-refractivity contribution < 1.29 is 18.9 Å². The molecule has 41 heavy (non-hydrogen) atoms. The van der Waals surface area contributed by atoms with Gasteiger partial charge in [0.2, 0.25) is 5.91 Å². The van der Waals surface area contributed by atoms with Crippen LogP contribution in [0.1, 0.15) is 49.8 Å². The first kappa shape index (κ1) is 27.4. The molecule has 1 aliphatic heterocycles. The molecule has 10 nitrogen and oxygen atoms in total. The molecule has 1 atom stereocenters. The van der Waals surface area contributed by atoms with Gasteiger partial charge < -0.3 is 9.84 Å². The van der Waals surface area contributed by atoms with Crippen LogP contribution in [0.15, 0.2) is 93.3 Å². The number of H-pyrrole nitrogens is 1. The third kappa shape index (κ3) is 6.06. The van der Waals surface area contributed by atoms with Crippen LogP contribution in [0.5, 0.6) is 0 Å². The number of fused-ring (bicyclic) bond motifs is 1. The van der Waals surface area contributed by atoms with Gasteiger partial charge in [-0.05, 0) is 17.7 Å². The van der Waals surface area contributed by atoms with Gasteiger partial charge in [-0.2, -0.15) is 15.2 Å². The average Bonchev–Trinajstić information content (AvgIpc) is 3.35. The molecule has 3 aromatic carbocycles. The van der Waals surface area contributed by atoms with E-state index in [9.17, 15) is 19.2 Å². The van der Waals surface area contributed by atoms with Crippen molar-refractivity contribution in [3.05, 3.63) is 106 Å². The van der Waals surface area contributed by atoms with E-state index < -0.39 is 28.9 Å². The van der Waals surface area contributed by atoms with Gasteiger partial charge in [0.1, 0.15) is 12.3 Å². The van der Waals surface area contributed by atoms with Crippen molar-refractivity contribution in [1.29, 1.82) is 0 Å². The van der Waals surface area contributed by atoms with Crippen LogP contribution in [0.4, 0.5) is 5.69 Å². The number of carbonyl (C=O) groups excluding carboxylic acids is 3. The van der Waals surface area contributed by atoms with Gasteiger partial charge >= 0.3 is 5.76 Å². The lowest BCUT2D eigenvalue weighted by Crippen LogP contribution is -2.38. The van der Waals surface area contributed by atoms with Crippen molar-refractivity contribution in [3.8, 4) is 11.4 Å². The monoisotopic (exact) mass is 551 g/mol. The van der Waals surface area contributed by atoms with Gasteiger partial charge in [-0.3, -0.25) is 14.4 Å². The summed E-state index contributed by atoms with van der Waals surface area (Å²) in [5, 5.41) is 11.1. The number of carbonyl (C=O) groups is 3. The van der Waals surface area contributed by atoms with Crippen molar-refractivity contribution >= 4 is 29.0 Å². The molecule has 1 aliphatic rings. The van der Waals surface area contributed by atoms with Crippen LogP contribution in [0.3, 0.4) is 0 Å². The second kappa shape index (κ2) is 11.2. The Morgan fingerprint density at radius 2 is 1.66 bits per heavy atom. The molecule has 0 saturated heterocycles. The molecule has 0 saturated carbocycles. The second-order valence-corrected chi connectivity index (χ2v) is 10.8. The number of rotatable bonds is 7. The maximum Gasteiger partial charge on any atom is 0.460 e. The smallest absolute Gasteiger partial charge is 0.324 e. The molecule has 0 bridgehead atoms. The minimum atomic E-state index is -0.817. The van der Waals surface area contributed by atoms with E-state index in [2.05, 4.69) is 20.0 Å². The molecule has 10 heteroatoms. The van der Waals surface area contributed by atoms with Crippen molar-refractivity contribution in [2.45, 2.75) is 33.1 Å². The number of nitrogens with zero attached hydrogens (tertiary/aromatic N) is 3. The highest BCUT2D eigenvalue weighted by atomic mass is 16.5. The van der Waals surface area contributed by atoms with E-state index in [-0.39, 0.29) is 24.6 Å². The molecule has 5 rings (SSSR count). The Morgan fingerprint density at radius 3 is 2.37 bits per heavy atom. The van der Waals surface area contributed by atoms with Crippen LogP contribution in [-0.4, -0.2) is 45.0 Å². The van der Waals surface area contributed by atoms with E-state index in [4.69, 9.17) is 5.10 Å². The molecule has 1 aromatic heterocycles. The summed E-state index contributed by atoms with van der Waals surface area (Å²) in [5.74, 6) is -2.36. The van der Waals surface area contributed by atoms with E-state index in [0.717, 1.165) is 16.1 Å². The number of hydrogen-bond acceptors (Lipinski definition) is 7. The van der Waals surface area contributed by atoms with Crippen LogP contribution >= 0.6 is 0 Å². The zero-order chi connectivity index (χ0) is 29.1. The highest BCUT2D eigenvalue weighted by molar-refractivity contribution is 6.16. The summed E-state index contributed by atoms with van der Waals surface area (Å²) in [4.78, 5) is 55.5. The Morgan fingerprint density at radius 1 is 0.951 bits per heavy atom. The van der Waals surface area contributed by atoms with Crippen LogP contribution in [0.2, 0.25) is 0 Å². The number of hydrogen-bond donors (Lipinski definition) is 2. The first-order valence-electron chi connectivity index (χ1n) is 13.1. The van der Waals surface area contributed by atoms with Gasteiger partial charge in [-0.25, -0.2) is 9.80 Å². The van der Waals surface area contributed by atoms with Crippen molar-refractivity contribution in [2.24, 2.45) is 10.5 Å². The van der Waals surface area contributed by atoms with Crippen molar-refractivity contribution in [1.82, 2.24) is 15.1 Å². The van der Waals surface area contributed by atoms with Gasteiger partial charge in [-0.1, -0.05) is 87.5 Å². The lowest BCUT2D eigenvalue weighted by Gasteiger charge is -2.24. The minimum Gasteiger partial charge on any atom is -0.324 e. The fourth-order valence-corrected chi connectivity index (χ4v) is 4.60. The van der Waals surface area contributed by atoms with Crippen LogP contribution in [-0.2, 0) is 14.4 Å². The van der Waals surface area contributed by atoms with Gasteiger partial charge in [-0.15, -0.1) is 0 Å². The molecule has 0 aliphatic carbocycles. The summed E-state index contributed by atoms with van der Waals surface area (Å²) in [6, 6.07) is 23.5. The van der Waals surface area contributed by atoms with E-state index in [0.29, 0.717) is 22.5 Å². The molecule has 0 fully saturated rings. The normalized spacial score (nSPS) is 15.1. The average molecular weight is 552 g/mol.